The van der Waals surface area contributed by atoms with Crippen LogP contribution in [0.3, 0.4) is 0 Å². The van der Waals surface area contributed by atoms with Crippen molar-refractivity contribution >= 4 is 18.5 Å². The van der Waals surface area contributed by atoms with Gasteiger partial charge in [0.1, 0.15) is 5.58 Å². The van der Waals surface area contributed by atoms with Gasteiger partial charge in [-0.2, -0.15) is 0 Å². The van der Waals surface area contributed by atoms with Gasteiger partial charge in [0, 0.05) is 5.39 Å². The Morgan fingerprint density at radius 3 is 2.83 bits per heavy atom. The van der Waals surface area contributed by atoms with Crippen molar-refractivity contribution in [1.29, 1.82) is 0 Å². The van der Waals surface area contributed by atoms with Crippen LogP contribution in [0.2, 0.25) is 0 Å². The van der Waals surface area contributed by atoms with Crippen molar-refractivity contribution in [3.63, 3.8) is 0 Å². The number of aliphatic hydroxyl groups excluding tert-OH is 1. The number of para-hydroxylation sites is 1. The second kappa shape index (κ2) is 5.12. The van der Waals surface area contributed by atoms with Gasteiger partial charge in [0.15, 0.2) is 0 Å². The average molecular weight is 311 g/mol. The molecule has 1 heterocycles. The predicted octanol–water partition coefficient (Wildman–Crippen LogP) is 3.75. The maximum atomic E-state index is 10.5. The minimum Gasteiger partial charge on any atom is -0.464 e. The molecule has 0 amide bonds. The zero-order chi connectivity index (χ0) is 16.2. The van der Waals surface area contributed by atoms with Gasteiger partial charge in [-0.1, -0.05) is 32.0 Å². The first-order valence-electron chi connectivity index (χ1n) is 8.55. The second-order valence-electron chi connectivity index (χ2n) is 7.99. The van der Waals surface area contributed by atoms with Crippen LogP contribution in [0.25, 0.3) is 11.0 Å². The SMILES string of the molecule is CC1(C)[C@@H]2CC(O)[C@@](C)(O[B]Cc3coc4ccccc34)[C@H]1C2. The highest BCUT2D eigenvalue weighted by Gasteiger charge is 2.63. The van der Waals surface area contributed by atoms with Crippen molar-refractivity contribution in [3.05, 3.63) is 36.1 Å². The van der Waals surface area contributed by atoms with E-state index in [4.69, 9.17) is 9.07 Å². The van der Waals surface area contributed by atoms with E-state index in [9.17, 15) is 5.11 Å². The first kappa shape index (κ1) is 15.3. The van der Waals surface area contributed by atoms with E-state index in [0.29, 0.717) is 18.2 Å². The summed E-state index contributed by atoms with van der Waals surface area (Å²) in [4.78, 5) is 0. The molecule has 5 rings (SSSR count). The van der Waals surface area contributed by atoms with Crippen LogP contribution in [0.15, 0.2) is 34.9 Å². The monoisotopic (exact) mass is 311 g/mol. The van der Waals surface area contributed by atoms with Gasteiger partial charge < -0.3 is 14.2 Å². The van der Waals surface area contributed by atoms with E-state index in [-0.39, 0.29) is 11.5 Å². The molecule has 1 radical (unpaired) electrons. The van der Waals surface area contributed by atoms with Crippen LogP contribution >= 0.6 is 0 Å². The first-order valence-corrected chi connectivity index (χ1v) is 8.55. The fourth-order valence-corrected chi connectivity index (χ4v) is 4.79. The van der Waals surface area contributed by atoms with Gasteiger partial charge in [-0.3, -0.25) is 0 Å². The highest BCUT2D eigenvalue weighted by atomic mass is 16.5. The summed E-state index contributed by atoms with van der Waals surface area (Å²) in [6.07, 6.45) is 4.13. The Balaban J connectivity index is 1.46. The van der Waals surface area contributed by atoms with E-state index in [0.717, 1.165) is 23.0 Å². The highest BCUT2D eigenvalue weighted by Crippen LogP contribution is 2.63. The van der Waals surface area contributed by atoms with E-state index in [2.05, 4.69) is 26.8 Å². The Hall–Kier alpha value is -1.26. The third-order valence-electron chi connectivity index (χ3n) is 6.53. The second-order valence-corrected chi connectivity index (χ2v) is 7.99. The van der Waals surface area contributed by atoms with Gasteiger partial charge in [0.2, 0.25) is 0 Å². The van der Waals surface area contributed by atoms with Crippen molar-refractivity contribution in [2.45, 2.75) is 51.6 Å². The standard InChI is InChI=1S/C19H24BO3/c1-18(2)13-8-16(18)19(3,17(21)9-13)23-20-10-12-11-22-15-7-5-4-6-14(12)15/h4-7,11,13,16-17,21H,8-10H2,1-3H3/t13-,16-,17?,19-/m0/s1. The molecule has 4 atom stereocenters. The van der Waals surface area contributed by atoms with Crippen molar-refractivity contribution in [2.24, 2.45) is 17.3 Å². The third-order valence-corrected chi connectivity index (χ3v) is 6.53. The Labute approximate surface area is 138 Å². The lowest BCUT2D eigenvalue weighted by Crippen LogP contribution is -2.67. The first-order chi connectivity index (χ1) is 10.9. The highest BCUT2D eigenvalue weighted by molar-refractivity contribution is 6.27. The summed E-state index contributed by atoms with van der Waals surface area (Å²) in [7, 11) is 1.86. The third kappa shape index (κ3) is 2.19. The summed E-state index contributed by atoms with van der Waals surface area (Å²) in [6, 6.07) is 8.04. The molecule has 0 aliphatic heterocycles. The molecule has 4 heteroatoms. The van der Waals surface area contributed by atoms with Gasteiger partial charge in [-0.25, -0.2) is 0 Å². The summed E-state index contributed by atoms with van der Waals surface area (Å²) in [5.41, 5.74) is 1.82. The Bertz CT molecular complexity index is 722. The van der Waals surface area contributed by atoms with Gasteiger partial charge in [-0.05, 0) is 55.0 Å². The summed E-state index contributed by atoms with van der Waals surface area (Å²) < 4.78 is 11.7. The van der Waals surface area contributed by atoms with Crippen LogP contribution in [0.4, 0.5) is 0 Å². The lowest BCUT2D eigenvalue weighted by Gasteiger charge is -2.65. The number of benzene rings is 1. The number of aliphatic hydroxyl groups is 1. The zero-order valence-corrected chi connectivity index (χ0v) is 14.1. The zero-order valence-electron chi connectivity index (χ0n) is 14.1. The molecule has 2 bridgehead atoms. The molecule has 1 aromatic heterocycles. The quantitative estimate of drug-likeness (QED) is 0.874. The molecule has 3 nitrogen and oxygen atoms in total. The molecule has 0 spiro atoms. The molecule has 1 unspecified atom stereocenters. The normalized spacial score (nSPS) is 35.0. The lowest BCUT2D eigenvalue weighted by atomic mass is 9.43. The Morgan fingerprint density at radius 1 is 1.26 bits per heavy atom. The van der Waals surface area contributed by atoms with Crippen LogP contribution in [-0.2, 0) is 11.0 Å². The number of hydrogen-bond acceptors (Lipinski definition) is 3. The van der Waals surface area contributed by atoms with E-state index in [1.165, 1.54) is 6.42 Å². The van der Waals surface area contributed by atoms with Crippen molar-refractivity contribution in [3.8, 4) is 0 Å². The molecule has 0 saturated heterocycles. The molecule has 121 valence electrons. The number of hydrogen-bond donors (Lipinski definition) is 1. The molecular formula is C19H24BO3. The van der Waals surface area contributed by atoms with Crippen molar-refractivity contribution in [2.75, 3.05) is 0 Å². The molecule has 3 saturated carbocycles. The minimum absolute atomic E-state index is 0.268. The fraction of sp³-hybridized carbons (Fsp3) is 0.579. The molecule has 1 aromatic carbocycles. The molecule has 3 aliphatic rings. The van der Waals surface area contributed by atoms with E-state index in [1.54, 1.807) is 6.26 Å². The van der Waals surface area contributed by atoms with E-state index in [1.807, 2.05) is 25.7 Å². The molecule has 1 N–H and O–H groups in total. The average Bonchev–Trinajstić information content (AvgIpc) is 2.93. The molecule has 2 aromatic rings. The van der Waals surface area contributed by atoms with Crippen LogP contribution in [-0.4, -0.2) is 24.3 Å². The van der Waals surface area contributed by atoms with Crippen molar-refractivity contribution < 1.29 is 14.2 Å². The topological polar surface area (TPSA) is 42.6 Å². The lowest BCUT2D eigenvalue weighted by molar-refractivity contribution is -0.234. The number of rotatable bonds is 4. The predicted molar refractivity (Wildman–Crippen MR) is 91.2 cm³/mol. The van der Waals surface area contributed by atoms with Gasteiger partial charge in [0.05, 0.1) is 18.0 Å². The fourth-order valence-electron chi connectivity index (χ4n) is 4.79. The van der Waals surface area contributed by atoms with Crippen LogP contribution in [0, 0.1) is 17.3 Å². The number of furan rings is 1. The molecular weight excluding hydrogens is 287 g/mol. The smallest absolute Gasteiger partial charge is 0.298 e. The van der Waals surface area contributed by atoms with Crippen LogP contribution < -0.4 is 0 Å². The summed E-state index contributed by atoms with van der Waals surface area (Å²) in [5.74, 6) is 1.05. The molecule has 3 aliphatic carbocycles. The van der Waals surface area contributed by atoms with Gasteiger partial charge in [-0.15, -0.1) is 0 Å². The van der Waals surface area contributed by atoms with E-state index < -0.39 is 5.60 Å². The largest absolute Gasteiger partial charge is 0.464 e. The molecule has 3 fully saturated rings. The maximum Gasteiger partial charge on any atom is 0.298 e. The number of fused-ring (bicyclic) bond motifs is 3. The van der Waals surface area contributed by atoms with Crippen LogP contribution in [0.5, 0.6) is 0 Å². The minimum atomic E-state index is -0.474. The van der Waals surface area contributed by atoms with Gasteiger partial charge in [0.25, 0.3) is 7.48 Å². The Morgan fingerprint density at radius 2 is 2.04 bits per heavy atom. The van der Waals surface area contributed by atoms with Gasteiger partial charge >= 0.3 is 0 Å². The van der Waals surface area contributed by atoms with E-state index >= 15 is 0 Å². The summed E-state index contributed by atoms with van der Waals surface area (Å²) in [5, 5.41) is 11.7. The molecule has 23 heavy (non-hydrogen) atoms. The maximum absolute atomic E-state index is 10.5. The summed E-state index contributed by atoms with van der Waals surface area (Å²) in [6.45, 7) is 6.69. The summed E-state index contributed by atoms with van der Waals surface area (Å²) >= 11 is 0. The Kier molecular flexibility index (Phi) is 3.40. The van der Waals surface area contributed by atoms with Crippen LogP contribution in [0.1, 0.15) is 39.2 Å². The van der Waals surface area contributed by atoms with Crippen molar-refractivity contribution in [1.82, 2.24) is 0 Å².